The van der Waals surface area contributed by atoms with Crippen molar-refractivity contribution in [3.8, 4) is 46.0 Å². The van der Waals surface area contributed by atoms with Crippen LogP contribution in [0.25, 0.3) is 58.7 Å². The molecule has 6 aliphatic heterocycles. The Labute approximate surface area is 831 Å². The lowest BCUT2D eigenvalue weighted by Crippen LogP contribution is -2.38. The van der Waals surface area contributed by atoms with Gasteiger partial charge in [0, 0.05) is 117 Å². The molecule has 23 nitrogen and oxygen atoms in total. The van der Waals surface area contributed by atoms with Gasteiger partial charge < -0.3 is 76.2 Å². The van der Waals surface area contributed by atoms with E-state index in [1.54, 1.807) is 91.0 Å². The number of ether oxygens (including phenoxy) is 9. The second kappa shape index (κ2) is 41.5. The fourth-order valence-electron chi connectivity index (χ4n) is 19.0. The molecule has 11 N–H and O–H groups in total. The van der Waals surface area contributed by atoms with Gasteiger partial charge in [-0.2, -0.15) is 0 Å². The van der Waals surface area contributed by atoms with Crippen molar-refractivity contribution in [1.82, 2.24) is 0 Å². The summed E-state index contributed by atoms with van der Waals surface area (Å²) < 4.78 is 330. The SMILES string of the molecule is COc1cc2c3c(ccc2cc1NS(C)(=O)=O)O[C@H](c1cc(F)c(F)cc1F)[C@@H](N)C3.COc1cc2c3c(ccc2cc1S(C)(=O)=O)O[C@H](c1cc(F)c(F)cc1F)[C@@H](N)C3.CS(=O)(=O)c1ccc2c3c(ccc2c1)O[C@H](c1cc(F)c(F)cc1F)[C@@H](N)C3.NC1Cc2c(ccc3cc(N4CCOCC4)ccc23)OC1c1cc(F)c(F)cc1F.[C-]#[N+]c1cc2ccc3c(c2cc1OC)C[C@H](N)[C@@H](c1cc(F)c(F)cc1F)O3. The Balaban J connectivity index is 0.000000126. The second-order valence-electron chi connectivity index (χ2n) is 35.8. The van der Waals surface area contributed by atoms with Gasteiger partial charge in [-0.3, -0.25) is 4.72 Å². The van der Waals surface area contributed by atoms with Crippen molar-refractivity contribution in [3.05, 3.63) is 348 Å². The minimum atomic E-state index is -3.52. The Morgan fingerprint density at radius 1 is 0.327 bits per heavy atom. The average molecular weight is 2100 g/mol. The van der Waals surface area contributed by atoms with Crippen LogP contribution in [0.15, 0.2) is 204 Å². The summed E-state index contributed by atoms with van der Waals surface area (Å²) in [5.41, 5.74) is 36.1. The number of rotatable bonds is 13. The highest BCUT2D eigenvalue weighted by molar-refractivity contribution is 7.92. The second-order valence-corrected chi connectivity index (χ2v) is 41.6. The number of anilines is 2. The van der Waals surface area contributed by atoms with E-state index in [0.29, 0.717) is 147 Å². The lowest BCUT2D eigenvalue weighted by Gasteiger charge is -2.33. The van der Waals surface area contributed by atoms with E-state index >= 15 is 0 Å². The Morgan fingerprint density at radius 2 is 0.619 bits per heavy atom. The third-order valence-corrected chi connectivity index (χ3v) is 28.9. The number of morpholine rings is 1. The molecule has 15 aromatic rings. The molecular weight excluding hydrogens is 2010 g/mol. The lowest BCUT2D eigenvalue weighted by molar-refractivity contribution is 0.122. The van der Waals surface area contributed by atoms with Gasteiger partial charge in [-0.1, -0.05) is 42.5 Å². The van der Waals surface area contributed by atoms with E-state index in [9.17, 15) is 91.1 Å². The Hall–Kier alpha value is -14.4. The van der Waals surface area contributed by atoms with Crippen LogP contribution in [0.2, 0.25) is 0 Å². The normalized spacial score (nSPS) is 19.2. The highest BCUT2D eigenvalue weighted by Gasteiger charge is 2.40. The molecule has 0 aromatic heterocycles. The molecule has 766 valence electrons. The highest BCUT2D eigenvalue weighted by Crippen LogP contribution is 2.50. The van der Waals surface area contributed by atoms with Gasteiger partial charge in [0.2, 0.25) is 15.7 Å². The first kappa shape index (κ1) is 104. The topological polar surface area (TPSA) is 335 Å². The molecule has 15 aromatic carbocycles. The molecule has 10 atom stereocenters. The van der Waals surface area contributed by atoms with Gasteiger partial charge in [-0.15, -0.1) is 0 Å². The summed E-state index contributed by atoms with van der Waals surface area (Å²) in [5, 5.41) is 7.92. The zero-order chi connectivity index (χ0) is 105. The number of hydrogen-bond acceptors (Lipinski definition) is 21. The average Bonchev–Trinajstić information content (AvgIpc) is 0.820. The predicted octanol–water partition coefficient (Wildman–Crippen LogP) is 19.9. The number of halogens is 15. The van der Waals surface area contributed by atoms with Gasteiger partial charge >= 0.3 is 0 Å². The van der Waals surface area contributed by atoms with Crippen LogP contribution in [-0.4, -0.2) is 122 Å². The largest absolute Gasteiger partial charge is 0.508 e. The molecule has 6 aliphatic rings. The van der Waals surface area contributed by atoms with Gasteiger partial charge in [0.15, 0.2) is 77.8 Å². The number of fused-ring (bicyclic) bond motifs is 15. The van der Waals surface area contributed by atoms with Crippen LogP contribution in [0.1, 0.15) is 86.2 Å². The molecule has 0 spiro atoms. The first-order valence-electron chi connectivity index (χ1n) is 45.2. The fourth-order valence-corrected chi connectivity index (χ4v) is 21.0. The summed E-state index contributed by atoms with van der Waals surface area (Å²) in [6.45, 7) is 10.4. The number of sulfonamides is 1. The summed E-state index contributed by atoms with van der Waals surface area (Å²) in [4.78, 5) is 5.99. The van der Waals surface area contributed by atoms with Crippen LogP contribution in [0, 0.1) is 93.8 Å². The summed E-state index contributed by atoms with van der Waals surface area (Å²) in [6.07, 6.45) is -0.00518. The molecule has 0 aliphatic carbocycles. The van der Waals surface area contributed by atoms with Crippen molar-refractivity contribution < 1.29 is 134 Å². The molecule has 41 heteroatoms. The summed E-state index contributed by atoms with van der Waals surface area (Å²) in [5.74, 6) is -13.6. The zero-order valence-corrected chi connectivity index (χ0v) is 80.9. The van der Waals surface area contributed by atoms with E-state index in [-0.39, 0.29) is 61.9 Å². The quantitative estimate of drug-likeness (QED) is 0.0355. The molecule has 2 unspecified atom stereocenters. The number of nitrogens with one attached hydrogen (secondary N) is 1. The molecule has 1 fully saturated rings. The van der Waals surface area contributed by atoms with Gasteiger partial charge in [-0.05, 0) is 207 Å². The molecule has 0 amide bonds. The first-order chi connectivity index (χ1) is 69.7. The van der Waals surface area contributed by atoms with Crippen molar-refractivity contribution in [1.29, 1.82) is 0 Å². The minimum Gasteiger partial charge on any atom is -0.508 e. The summed E-state index contributed by atoms with van der Waals surface area (Å²) in [6, 6.07) is 41.0. The van der Waals surface area contributed by atoms with Gasteiger partial charge in [0.05, 0.1) is 88.2 Å². The third kappa shape index (κ3) is 21.4. The van der Waals surface area contributed by atoms with Crippen LogP contribution in [0.4, 0.5) is 82.9 Å². The van der Waals surface area contributed by atoms with Crippen LogP contribution in [0.5, 0.6) is 46.0 Å². The number of sulfone groups is 2. The maximum atomic E-state index is 14.3. The van der Waals surface area contributed by atoms with E-state index in [1.165, 1.54) is 33.5 Å². The first-order valence-corrected chi connectivity index (χ1v) is 50.9. The number of nitrogens with two attached hydrogens (primary N) is 5. The third-order valence-electron chi connectivity index (χ3n) is 26.1. The van der Waals surface area contributed by atoms with E-state index in [0.717, 1.165) is 111 Å². The Kier molecular flexibility index (Phi) is 29.4. The van der Waals surface area contributed by atoms with Crippen molar-refractivity contribution in [2.75, 3.05) is 76.0 Å². The van der Waals surface area contributed by atoms with Gasteiger partial charge in [0.25, 0.3) is 0 Å². The molecule has 0 bridgehead atoms. The van der Waals surface area contributed by atoms with Crippen LogP contribution in [0.3, 0.4) is 0 Å². The summed E-state index contributed by atoms with van der Waals surface area (Å²) >= 11 is 0. The standard InChI is InChI=1S/C23H21F3N2O2.C21H19F3N2O4S.C21H15F3N2O2.C21H18F3NO4S.C20H16F3NO3S/c24-18-12-20(26)19(25)10-17(18)23-21(27)11-16-15-3-2-14(28-5-7-29-8-6-28)9-13(15)1-4-22(16)30-23;1-29-20-8-11-10(5-18(20)26-31(2,27)28)3-4-19-12(11)7-17(25)21(30-19)13-6-15(23)16(24)9-14(13)22;1-26-18-5-10-3-4-19-12(11(10)8-20(18)27-2)7-17(25)21(28-19)13-6-15(23)16(24)9-14(13)22;1-28-19-8-11-10(5-20(19)30(2,26)27)3-4-18-12(11)7-17(25)21(29-18)13-6-15(23)16(24)9-14(13)22;1-28(25,26)11-3-4-12-10(6-11)2-5-19-13(12)8-18(24)20(27-19)14-7-16(22)17(23)9-15(14)21/h1-4,9-10,12,21,23H,5-8,11,27H2;3-6,8-9,17,21,26H,7,25H2,1-2H3;3-6,8-9,17,21H,7,25H2,2H3;3-6,8-9,17,21H,7,25H2,1-2H3;2-7,9,18,20H,8,24H2,1H3/t;3*17-,21+;18-,20+/m.0000/s1. The molecule has 0 radical (unpaired) electrons. The van der Waals surface area contributed by atoms with Crippen LogP contribution in [-0.2, 0) is 66.5 Å². The predicted molar refractivity (Wildman–Crippen MR) is 520 cm³/mol. The molecular formula is C106H89F15N8O15S3. The van der Waals surface area contributed by atoms with Crippen molar-refractivity contribution in [2.45, 2.75) is 103 Å². The smallest absolute Gasteiger partial charge is 0.229 e. The van der Waals surface area contributed by atoms with Crippen molar-refractivity contribution in [2.24, 2.45) is 28.7 Å². The molecule has 147 heavy (non-hydrogen) atoms. The summed E-state index contributed by atoms with van der Waals surface area (Å²) in [7, 11) is -6.12. The van der Waals surface area contributed by atoms with E-state index in [4.69, 9.17) is 77.9 Å². The monoisotopic (exact) mass is 2090 g/mol. The maximum Gasteiger partial charge on any atom is 0.229 e. The lowest BCUT2D eigenvalue weighted by atomic mass is 9.90. The number of methoxy groups -OCH3 is 3. The van der Waals surface area contributed by atoms with Crippen molar-refractivity contribution >= 4 is 101 Å². The number of benzene rings is 15. The van der Waals surface area contributed by atoms with Gasteiger partial charge in [-0.25, -0.2) is 96.0 Å². The number of nitrogens with zero attached hydrogens (tertiary/aromatic N) is 2. The molecule has 1 saturated heterocycles. The minimum absolute atomic E-state index is 0.0558. The van der Waals surface area contributed by atoms with Gasteiger partial charge in [0.1, 0.15) is 110 Å². The molecule has 0 saturated carbocycles. The molecule has 6 heterocycles. The van der Waals surface area contributed by atoms with E-state index < -0.39 is 178 Å². The van der Waals surface area contributed by atoms with Crippen LogP contribution >= 0.6 is 0 Å². The Morgan fingerprint density at radius 3 is 0.939 bits per heavy atom. The van der Waals surface area contributed by atoms with Crippen LogP contribution < -0.4 is 76.2 Å². The zero-order valence-electron chi connectivity index (χ0n) is 78.4. The van der Waals surface area contributed by atoms with E-state index in [2.05, 4.69) is 26.6 Å². The highest BCUT2D eigenvalue weighted by atomic mass is 32.2. The molecule has 21 rings (SSSR count). The van der Waals surface area contributed by atoms with E-state index in [1.807, 2.05) is 18.2 Å². The Bertz CT molecular complexity index is 8240. The fraction of sp³-hybridized carbons (Fsp3) is 0.236. The van der Waals surface area contributed by atoms with Crippen molar-refractivity contribution in [3.63, 3.8) is 0 Å². The maximum absolute atomic E-state index is 14.3. The number of hydrogen-bond donors (Lipinski definition) is 6.